The summed E-state index contributed by atoms with van der Waals surface area (Å²) in [6.07, 6.45) is 2.56. The molecule has 0 unspecified atom stereocenters. The maximum atomic E-state index is 8.71. The highest BCUT2D eigenvalue weighted by molar-refractivity contribution is 5.90. The molecule has 0 amide bonds. The third kappa shape index (κ3) is 2.25. The van der Waals surface area contributed by atoms with Gasteiger partial charge >= 0.3 is 0 Å². The minimum Gasteiger partial charge on any atom is -0.396 e. The number of aliphatic hydroxyl groups excluding tert-OH is 1. The highest BCUT2D eigenvalue weighted by Crippen LogP contribution is 2.20. The van der Waals surface area contributed by atoms with Crippen LogP contribution in [-0.4, -0.2) is 23.2 Å². The Morgan fingerprint density at radius 1 is 1.20 bits per heavy atom. The van der Waals surface area contributed by atoms with Crippen LogP contribution in [0.25, 0.3) is 10.9 Å². The van der Waals surface area contributed by atoms with Gasteiger partial charge in [-0.3, -0.25) is 4.98 Å². The Morgan fingerprint density at radius 3 is 2.93 bits per heavy atom. The third-order valence-electron chi connectivity index (χ3n) is 2.30. The van der Waals surface area contributed by atoms with Gasteiger partial charge in [0.25, 0.3) is 0 Å². The van der Waals surface area contributed by atoms with E-state index in [1.54, 1.807) is 6.20 Å². The fourth-order valence-corrected chi connectivity index (χ4v) is 1.55. The molecule has 2 rings (SSSR count). The summed E-state index contributed by atoms with van der Waals surface area (Å²) in [5.74, 6) is 0. The molecule has 3 nitrogen and oxygen atoms in total. The van der Waals surface area contributed by atoms with Gasteiger partial charge in [0, 0.05) is 30.4 Å². The molecule has 0 fully saturated rings. The monoisotopic (exact) mass is 202 g/mol. The first-order chi connectivity index (χ1) is 7.42. The molecule has 0 saturated carbocycles. The number of hydrogen-bond donors (Lipinski definition) is 2. The first-order valence-corrected chi connectivity index (χ1v) is 5.10. The Kier molecular flexibility index (Phi) is 3.15. The minimum absolute atomic E-state index is 0.218. The van der Waals surface area contributed by atoms with Crippen molar-refractivity contribution < 1.29 is 5.11 Å². The van der Waals surface area contributed by atoms with Gasteiger partial charge in [0.15, 0.2) is 0 Å². The van der Waals surface area contributed by atoms with E-state index in [2.05, 4.69) is 10.3 Å². The Labute approximate surface area is 88.8 Å². The van der Waals surface area contributed by atoms with E-state index in [4.69, 9.17) is 5.11 Å². The van der Waals surface area contributed by atoms with Crippen LogP contribution >= 0.6 is 0 Å². The van der Waals surface area contributed by atoms with Crippen molar-refractivity contribution in [1.82, 2.24) is 4.98 Å². The molecule has 15 heavy (non-hydrogen) atoms. The molecule has 0 atom stereocenters. The lowest BCUT2D eigenvalue weighted by Gasteiger charge is -2.07. The number of aliphatic hydroxyl groups is 1. The van der Waals surface area contributed by atoms with E-state index in [1.165, 1.54) is 0 Å². The molecule has 2 aromatic rings. The zero-order chi connectivity index (χ0) is 10.5. The maximum absolute atomic E-state index is 8.71. The molecule has 0 aliphatic carbocycles. The second-order valence-corrected chi connectivity index (χ2v) is 3.38. The normalized spacial score (nSPS) is 10.5. The average Bonchev–Trinajstić information content (AvgIpc) is 2.30. The fourth-order valence-electron chi connectivity index (χ4n) is 1.55. The van der Waals surface area contributed by atoms with Gasteiger partial charge < -0.3 is 10.4 Å². The first-order valence-electron chi connectivity index (χ1n) is 5.10. The topological polar surface area (TPSA) is 45.1 Å². The van der Waals surface area contributed by atoms with Crippen molar-refractivity contribution in [3.8, 4) is 0 Å². The molecule has 1 aromatic heterocycles. The van der Waals surface area contributed by atoms with Crippen LogP contribution in [0.15, 0.2) is 36.5 Å². The Morgan fingerprint density at radius 2 is 2.07 bits per heavy atom. The number of aromatic nitrogens is 1. The third-order valence-corrected chi connectivity index (χ3v) is 2.30. The summed E-state index contributed by atoms with van der Waals surface area (Å²) in [6, 6.07) is 9.98. The summed E-state index contributed by atoms with van der Waals surface area (Å²) < 4.78 is 0. The van der Waals surface area contributed by atoms with Gasteiger partial charge in [-0.15, -0.1) is 0 Å². The molecule has 2 N–H and O–H groups in total. The molecule has 0 aliphatic heterocycles. The lowest BCUT2D eigenvalue weighted by atomic mass is 10.2. The lowest BCUT2D eigenvalue weighted by Crippen LogP contribution is -2.03. The number of rotatable bonds is 4. The Balaban J connectivity index is 2.26. The highest BCUT2D eigenvalue weighted by Gasteiger charge is 1.99. The van der Waals surface area contributed by atoms with Crippen LogP contribution in [0.5, 0.6) is 0 Å². The average molecular weight is 202 g/mol. The van der Waals surface area contributed by atoms with Crippen LogP contribution < -0.4 is 5.32 Å². The van der Waals surface area contributed by atoms with E-state index in [-0.39, 0.29) is 6.61 Å². The summed E-state index contributed by atoms with van der Waals surface area (Å²) >= 11 is 0. The van der Waals surface area contributed by atoms with Gasteiger partial charge in [0.2, 0.25) is 0 Å². The second kappa shape index (κ2) is 4.75. The van der Waals surface area contributed by atoms with E-state index in [9.17, 15) is 0 Å². The standard InChI is InChI=1S/C12H14N2O/c15-9-3-7-13-12-6-8-14-11-5-2-1-4-10(11)12/h1-2,4-6,8,15H,3,7,9H2,(H,13,14). The Hall–Kier alpha value is -1.61. The van der Waals surface area contributed by atoms with Crippen molar-refractivity contribution in [2.75, 3.05) is 18.5 Å². The van der Waals surface area contributed by atoms with E-state index in [1.807, 2.05) is 30.3 Å². The molecule has 78 valence electrons. The van der Waals surface area contributed by atoms with Crippen molar-refractivity contribution in [3.63, 3.8) is 0 Å². The molecule has 0 saturated heterocycles. The molecule has 3 heteroatoms. The van der Waals surface area contributed by atoms with Gasteiger partial charge in [-0.1, -0.05) is 18.2 Å². The van der Waals surface area contributed by atoms with Crippen molar-refractivity contribution in [2.45, 2.75) is 6.42 Å². The van der Waals surface area contributed by atoms with Crippen LogP contribution in [0.4, 0.5) is 5.69 Å². The van der Waals surface area contributed by atoms with Gasteiger partial charge in [0.1, 0.15) is 0 Å². The van der Waals surface area contributed by atoms with Crippen molar-refractivity contribution in [2.24, 2.45) is 0 Å². The molecule has 1 heterocycles. The molecule has 0 bridgehead atoms. The highest BCUT2D eigenvalue weighted by atomic mass is 16.3. The van der Waals surface area contributed by atoms with Crippen LogP contribution in [-0.2, 0) is 0 Å². The molecular formula is C12H14N2O. The van der Waals surface area contributed by atoms with Crippen LogP contribution in [0.1, 0.15) is 6.42 Å². The fraction of sp³-hybridized carbons (Fsp3) is 0.250. The van der Waals surface area contributed by atoms with Crippen LogP contribution in [0, 0.1) is 0 Å². The van der Waals surface area contributed by atoms with Gasteiger partial charge in [-0.05, 0) is 18.6 Å². The van der Waals surface area contributed by atoms with E-state index in [0.29, 0.717) is 0 Å². The van der Waals surface area contributed by atoms with E-state index < -0.39 is 0 Å². The minimum atomic E-state index is 0.218. The first kappa shape index (κ1) is 9.93. The number of nitrogens with zero attached hydrogens (tertiary/aromatic N) is 1. The van der Waals surface area contributed by atoms with Gasteiger partial charge in [0.05, 0.1) is 5.52 Å². The largest absolute Gasteiger partial charge is 0.396 e. The van der Waals surface area contributed by atoms with Crippen molar-refractivity contribution in [1.29, 1.82) is 0 Å². The quantitative estimate of drug-likeness (QED) is 0.746. The predicted molar refractivity (Wildman–Crippen MR) is 61.9 cm³/mol. The molecule has 0 radical (unpaired) electrons. The summed E-state index contributed by atoms with van der Waals surface area (Å²) in [5, 5.41) is 13.1. The number of fused-ring (bicyclic) bond motifs is 1. The van der Waals surface area contributed by atoms with Gasteiger partial charge in [-0.25, -0.2) is 0 Å². The zero-order valence-corrected chi connectivity index (χ0v) is 8.48. The summed E-state index contributed by atoms with van der Waals surface area (Å²) in [5.41, 5.74) is 2.07. The summed E-state index contributed by atoms with van der Waals surface area (Å²) in [6.45, 7) is 1.00. The van der Waals surface area contributed by atoms with Crippen molar-refractivity contribution in [3.05, 3.63) is 36.5 Å². The van der Waals surface area contributed by atoms with E-state index >= 15 is 0 Å². The smallest absolute Gasteiger partial charge is 0.0722 e. The second-order valence-electron chi connectivity index (χ2n) is 3.38. The zero-order valence-electron chi connectivity index (χ0n) is 8.48. The number of hydrogen-bond acceptors (Lipinski definition) is 3. The number of nitrogens with one attached hydrogen (secondary N) is 1. The number of para-hydroxylation sites is 1. The van der Waals surface area contributed by atoms with Crippen LogP contribution in [0.3, 0.4) is 0 Å². The molecule has 1 aromatic carbocycles. The summed E-state index contributed by atoms with van der Waals surface area (Å²) in [4.78, 5) is 4.28. The predicted octanol–water partition coefficient (Wildman–Crippen LogP) is 2.03. The number of anilines is 1. The Bertz CT molecular complexity index is 437. The van der Waals surface area contributed by atoms with E-state index in [0.717, 1.165) is 29.6 Å². The van der Waals surface area contributed by atoms with Crippen LogP contribution in [0.2, 0.25) is 0 Å². The SMILES string of the molecule is OCCCNc1ccnc2ccccc12. The molecule has 0 spiro atoms. The maximum Gasteiger partial charge on any atom is 0.0722 e. The summed E-state index contributed by atoms with van der Waals surface area (Å²) in [7, 11) is 0. The number of pyridine rings is 1. The molecular weight excluding hydrogens is 188 g/mol. The molecule has 0 aliphatic rings. The van der Waals surface area contributed by atoms with Gasteiger partial charge in [-0.2, -0.15) is 0 Å². The van der Waals surface area contributed by atoms with Crippen molar-refractivity contribution >= 4 is 16.6 Å². The number of benzene rings is 1. The lowest BCUT2D eigenvalue weighted by molar-refractivity contribution is 0.292.